The average molecular weight is 275 g/mol. The Labute approximate surface area is 114 Å². The molecular weight excluding hydrogens is 262 g/mol. The van der Waals surface area contributed by atoms with E-state index in [-0.39, 0.29) is 11.3 Å². The van der Waals surface area contributed by atoms with Gasteiger partial charge in [0.25, 0.3) is 11.6 Å². The molecule has 8 nitrogen and oxygen atoms in total. The largest absolute Gasteiger partial charge is 0.351 e. The van der Waals surface area contributed by atoms with Gasteiger partial charge >= 0.3 is 0 Å². The number of carbonyl (C=O) groups is 1. The second-order valence-electron chi connectivity index (χ2n) is 4.16. The van der Waals surface area contributed by atoms with Crippen LogP contribution < -0.4 is 5.32 Å². The van der Waals surface area contributed by atoms with E-state index in [0.717, 1.165) is 0 Å². The minimum Gasteiger partial charge on any atom is -0.351 e. The Morgan fingerprint density at radius 2 is 2.30 bits per heavy atom. The first-order valence-corrected chi connectivity index (χ1v) is 5.96. The molecule has 0 aliphatic heterocycles. The third kappa shape index (κ3) is 2.97. The summed E-state index contributed by atoms with van der Waals surface area (Å²) in [7, 11) is 0. The Hall–Kier alpha value is -2.77. The molecular formula is C12H13N5O3. The van der Waals surface area contributed by atoms with E-state index in [2.05, 4.69) is 20.5 Å². The number of nitrogens with one attached hydrogen (secondary N) is 2. The van der Waals surface area contributed by atoms with E-state index in [1.54, 1.807) is 19.1 Å². The summed E-state index contributed by atoms with van der Waals surface area (Å²) in [4.78, 5) is 26.4. The van der Waals surface area contributed by atoms with Crippen LogP contribution in [0.4, 0.5) is 5.69 Å². The molecule has 0 fully saturated rings. The number of carbonyl (C=O) groups excluding carboxylic acids is 1. The lowest BCUT2D eigenvalue weighted by molar-refractivity contribution is -0.385. The fourth-order valence-corrected chi connectivity index (χ4v) is 1.83. The maximum atomic E-state index is 12.1. The Bertz CT molecular complexity index is 624. The van der Waals surface area contributed by atoms with Crippen LogP contribution in [0, 0.1) is 17.0 Å². The van der Waals surface area contributed by atoms with Crippen LogP contribution in [0.1, 0.15) is 21.7 Å². The van der Waals surface area contributed by atoms with Gasteiger partial charge in [-0.15, -0.1) is 0 Å². The van der Waals surface area contributed by atoms with E-state index < -0.39 is 10.8 Å². The lowest BCUT2D eigenvalue weighted by Gasteiger charge is -2.07. The van der Waals surface area contributed by atoms with E-state index in [4.69, 9.17) is 0 Å². The normalized spacial score (nSPS) is 10.2. The number of hydrogen-bond donors (Lipinski definition) is 2. The zero-order valence-electron chi connectivity index (χ0n) is 10.8. The molecule has 0 unspecified atom stereocenters. The molecule has 1 heterocycles. The highest BCUT2D eigenvalue weighted by Crippen LogP contribution is 2.21. The topological polar surface area (TPSA) is 114 Å². The van der Waals surface area contributed by atoms with Gasteiger partial charge in [-0.05, 0) is 12.5 Å². The molecule has 0 radical (unpaired) electrons. The summed E-state index contributed by atoms with van der Waals surface area (Å²) in [5.41, 5.74) is 0.466. The maximum Gasteiger partial charge on any atom is 0.282 e. The van der Waals surface area contributed by atoms with E-state index in [9.17, 15) is 14.9 Å². The van der Waals surface area contributed by atoms with Crippen molar-refractivity contribution in [3.63, 3.8) is 0 Å². The van der Waals surface area contributed by atoms with Crippen LogP contribution in [-0.4, -0.2) is 32.6 Å². The molecule has 0 aliphatic rings. The number of nitrogens with zero attached hydrogens (tertiary/aromatic N) is 3. The first kappa shape index (κ1) is 13.7. The van der Waals surface area contributed by atoms with Crippen LogP contribution in [0.3, 0.4) is 0 Å². The zero-order chi connectivity index (χ0) is 14.5. The number of amides is 1. The van der Waals surface area contributed by atoms with Crippen molar-refractivity contribution < 1.29 is 9.72 Å². The third-order valence-electron chi connectivity index (χ3n) is 2.79. The number of nitro groups is 1. The predicted molar refractivity (Wildman–Crippen MR) is 70.3 cm³/mol. The smallest absolute Gasteiger partial charge is 0.282 e. The Kier molecular flexibility index (Phi) is 4.04. The van der Waals surface area contributed by atoms with Gasteiger partial charge in [-0.25, -0.2) is 4.98 Å². The van der Waals surface area contributed by atoms with Crippen molar-refractivity contribution >= 4 is 11.6 Å². The molecule has 2 N–H and O–H groups in total. The van der Waals surface area contributed by atoms with Crippen LogP contribution in [0.25, 0.3) is 0 Å². The Morgan fingerprint density at radius 1 is 1.50 bits per heavy atom. The molecule has 1 aromatic carbocycles. The van der Waals surface area contributed by atoms with Gasteiger partial charge in [0, 0.05) is 19.0 Å². The molecule has 0 aliphatic carbocycles. The molecule has 2 aromatic rings. The van der Waals surface area contributed by atoms with Crippen molar-refractivity contribution in [2.75, 3.05) is 6.54 Å². The molecule has 8 heteroatoms. The van der Waals surface area contributed by atoms with Crippen molar-refractivity contribution in [2.45, 2.75) is 13.3 Å². The lowest BCUT2D eigenvalue weighted by atomic mass is 10.1. The first-order chi connectivity index (χ1) is 9.59. The molecule has 104 valence electrons. The van der Waals surface area contributed by atoms with E-state index in [0.29, 0.717) is 24.4 Å². The molecule has 20 heavy (non-hydrogen) atoms. The number of aromatic amines is 1. The van der Waals surface area contributed by atoms with Gasteiger partial charge < -0.3 is 5.32 Å². The second-order valence-corrected chi connectivity index (χ2v) is 4.16. The summed E-state index contributed by atoms with van der Waals surface area (Å²) in [6, 6.07) is 4.54. The standard InChI is InChI=1S/C12H13N5O3/c1-8-3-2-4-9(17(19)20)11(8)12(18)13-6-5-10-14-7-15-16-10/h2-4,7H,5-6H2,1H3,(H,13,18)(H,14,15,16). The monoisotopic (exact) mass is 275 g/mol. The molecule has 1 amide bonds. The quantitative estimate of drug-likeness (QED) is 0.624. The van der Waals surface area contributed by atoms with Gasteiger partial charge in [0.15, 0.2) is 0 Å². The number of aryl methyl sites for hydroxylation is 1. The molecule has 0 saturated carbocycles. The van der Waals surface area contributed by atoms with E-state index in [1.165, 1.54) is 12.4 Å². The number of nitro benzene ring substituents is 1. The van der Waals surface area contributed by atoms with E-state index in [1.807, 2.05) is 0 Å². The van der Waals surface area contributed by atoms with Crippen molar-refractivity contribution in [1.29, 1.82) is 0 Å². The minimum atomic E-state index is -0.557. The van der Waals surface area contributed by atoms with Gasteiger partial charge in [0.05, 0.1) is 4.92 Å². The summed E-state index contributed by atoms with van der Waals surface area (Å²) in [5.74, 6) is 0.180. The van der Waals surface area contributed by atoms with Crippen molar-refractivity contribution in [3.05, 3.63) is 51.6 Å². The van der Waals surface area contributed by atoms with Gasteiger partial charge in [-0.1, -0.05) is 12.1 Å². The SMILES string of the molecule is Cc1cccc([N+](=O)[O-])c1C(=O)NCCc1ncn[nH]1. The summed E-state index contributed by atoms with van der Waals surface area (Å²) in [6.45, 7) is 1.98. The molecule has 2 rings (SSSR count). The predicted octanol–water partition coefficient (Wildman–Crippen LogP) is 0.994. The minimum absolute atomic E-state index is 0.0927. The van der Waals surface area contributed by atoms with Gasteiger partial charge in [-0.2, -0.15) is 5.10 Å². The number of hydrogen-bond acceptors (Lipinski definition) is 5. The van der Waals surface area contributed by atoms with Crippen molar-refractivity contribution in [3.8, 4) is 0 Å². The first-order valence-electron chi connectivity index (χ1n) is 5.96. The Balaban J connectivity index is 2.07. The van der Waals surface area contributed by atoms with Crippen LogP contribution in [-0.2, 0) is 6.42 Å². The highest BCUT2D eigenvalue weighted by Gasteiger charge is 2.21. The van der Waals surface area contributed by atoms with Crippen LogP contribution >= 0.6 is 0 Å². The van der Waals surface area contributed by atoms with Crippen LogP contribution in [0.5, 0.6) is 0 Å². The summed E-state index contributed by atoms with van der Waals surface area (Å²) < 4.78 is 0. The molecule has 0 atom stereocenters. The number of H-pyrrole nitrogens is 1. The molecule has 0 saturated heterocycles. The second kappa shape index (κ2) is 5.91. The van der Waals surface area contributed by atoms with E-state index >= 15 is 0 Å². The fraction of sp³-hybridized carbons (Fsp3) is 0.250. The zero-order valence-corrected chi connectivity index (χ0v) is 10.8. The Morgan fingerprint density at radius 3 is 2.95 bits per heavy atom. The summed E-state index contributed by atoms with van der Waals surface area (Å²) in [6.07, 6.45) is 1.86. The highest BCUT2D eigenvalue weighted by molar-refractivity contribution is 5.99. The number of rotatable bonds is 5. The maximum absolute atomic E-state index is 12.1. The summed E-state index contributed by atoms with van der Waals surface area (Å²) in [5, 5.41) is 19.9. The third-order valence-corrected chi connectivity index (χ3v) is 2.79. The molecule has 0 spiro atoms. The number of benzene rings is 1. The van der Waals surface area contributed by atoms with Crippen molar-refractivity contribution in [2.24, 2.45) is 0 Å². The highest BCUT2D eigenvalue weighted by atomic mass is 16.6. The van der Waals surface area contributed by atoms with Gasteiger partial charge in [-0.3, -0.25) is 20.0 Å². The average Bonchev–Trinajstić information content (AvgIpc) is 2.91. The lowest BCUT2D eigenvalue weighted by Crippen LogP contribution is -2.27. The van der Waals surface area contributed by atoms with Crippen molar-refractivity contribution in [1.82, 2.24) is 20.5 Å². The molecule has 0 bridgehead atoms. The van der Waals surface area contributed by atoms with Crippen LogP contribution in [0.2, 0.25) is 0 Å². The van der Waals surface area contributed by atoms with Crippen LogP contribution in [0.15, 0.2) is 24.5 Å². The van der Waals surface area contributed by atoms with Gasteiger partial charge in [0.1, 0.15) is 17.7 Å². The number of aromatic nitrogens is 3. The fourth-order valence-electron chi connectivity index (χ4n) is 1.83. The van der Waals surface area contributed by atoms with Gasteiger partial charge in [0.2, 0.25) is 0 Å². The molecule has 1 aromatic heterocycles. The summed E-state index contributed by atoms with van der Waals surface area (Å²) >= 11 is 0.